The van der Waals surface area contributed by atoms with Crippen molar-refractivity contribution in [3.63, 3.8) is 0 Å². The van der Waals surface area contributed by atoms with Gasteiger partial charge in [-0.25, -0.2) is 4.79 Å². The third kappa shape index (κ3) is 11.4. The number of hydrogen-bond acceptors (Lipinski definition) is 3. The van der Waals surface area contributed by atoms with Gasteiger partial charge in [0, 0.05) is 0 Å². The Hall–Kier alpha value is -2.78. The second-order valence-electron chi connectivity index (χ2n) is 10.7. The Labute approximate surface area is 247 Å². The van der Waals surface area contributed by atoms with Gasteiger partial charge in [-0.3, -0.25) is 0 Å². The van der Waals surface area contributed by atoms with Gasteiger partial charge in [0.05, 0.1) is 17.2 Å². The molecule has 0 aliphatic heterocycles. The first kappa shape index (κ1) is 31.7. The summed E-state index contributed by atoms with van der Waals surface area (Å²) in [6.45, 7) is 5.16. The number of benzene rings is 3. The second-order valence-corrected chi connectivity index (χ2v) is 11.2. The van der Waals surface area contributed by atoms with Crippen molar-refractivity contribution < 1.29 is 14.3 Å². The Morgan fingerprint density at radius 3 is 1.85 bits per heavy atom. The molecule has 0 bridgehead atoms. The second kappa shape index (κ2) is 18.5. The molecule has 4 heteroatoms. The number of aryl methyl sites for hydroxylation is 1. The van der Waals surface area contributed by atoms with Crippen LogP contribution in [0.15, 0.2) is 66.7 Å². The maximum atomic E-state index is 12.7. The van der Waals surface area contributed by atoms with Crippen molar-refractivity contribution in [1.29, 1.82) is 0 Å². The van der Waals surface area contributed by atoms with Gasteiger partial charge in [0.1, 0.15) is 11.5 Å². The molecule has 3 aromatic rings. The lowest BCUT2D eigenvalue weighted by Crippen LogP contribution is -2.08. The predicted octanol–water partition coefficient (Wildman–Crippen LogP) is 11.3. The largest absolute Gasteiger partial charge is 0.492 e. The molecular formula is C36H47ClO3. The van der Waals surface area contributed by atoms with E-state index in [1.165, 1.54) is 82.6 Å². The summed E-state index contributed by atoms with van der Waals surface area (Å²) < 4.78 is 11.5. The molecule has 0 aliphatic rings. The van der Waals surface area contributed by atoms with Crippen LogP contribution in [-0.2, 0) is 6.42 Å². The summed E-state index contributed by atoms with van der Waals surface area (Å²) in [7, 11) is 0. The van der Waals surface area contributed by atoms with E-state index in [4.69, 9.17) is 21.1 Å². The van der Waals surface area contributed by atoms with Crippen molar-refractivity contribution in [3.05, 3.63) is 82.9 Å². The minimum atomic E-state index is -0.358. The topological polar surface area (TPSA) is 35.5 Å². The van der Waals surface area contributed by atoms with Gasteiger partial charge in [0.25, 0.3) is 0 Å². The minimum Gasteiger partial charge on any atom is -0.492 e. The molecule has 0 saturated heterocycles. The zero-order valence-electron chi connectivity index (χ0n) is 24.6. The Bertz CT molecular complexity index is 1120. The molecule has 0 radical (unpaired) electrons. The number of ether oxygens (including phenoxy) is 2. The molecule has 0 atom stereocenters. The number of carbonyl (C=O) groups excluding carboxylic acids is 1. The van der Waals surface area contributed by atoms with Crippen LogP contribution in [0.4, 0.5) is 0 Å². The number of esters is 1. The molecule has 0 N–H and O–H groups in total. The predicted molar refractivity (Wildman–Crippen MR) is 169 cm³/mol. The number of halogens is 1. The lowest BCUT2D eigenvalue weighted by Gasteiger charge is -2.10. The van der Waals surface area contributed by atoms with Crippen molar-refractivity contribution in [3.8, 4) is 22.6 Å². The highest BCUT2D eigenvalue weighted by Gasteiger charge is 2.10. The van der Waals surface area contributed by atoms with Crippen molar-refractivity contribution in [2.24, 2.45) is 0 Å². The van der Waals surface area contributed by atoms with Crippen LogP contribution < -0.4 is 9.47 Å². The Kier molecular flexibility index (Phi) is 14.7. The first-order valence-electron chi connectivity index (χ1n) is 15.4. The van der Waals surface area contributed by atoms with E-state index >= 15 is 0 Å². The van der Waals surface area contributed by atoms with Crippen LogP contribution in [0.3, 0.4) is 0 Å². The summed E-state index contributed by atoms with van der Waals surface area (Å²) in [6.07, 6.45) is 17.6. The zero-order valence-corrected chi connectivity index (χ0v) is 25.3. The van der Waals surface area contributed by atoms with Crippen LogP contribution in [-0.4, -0.2) is 12.6 Å². The lowest BCUT2D eigenvalue weighted by atomic mass is 10.0. The van der Waals surface area contributed by atoms with Gasteiger partial charge in [-0.05, 0) is 72.4 Å². The van der Waals surface area contributed by atoms with E-state index in [1.54, 1.807) is 12.1 Å². The van der Waals surface area contributed by atoms with E-state index in [0.29, 0.717) is 28.7 Å². The van der Waals surface area contributed by atoms with Crippen LogP contribution in [0.2, 0.25) is 5.02 Å². The van der Waals surface area contributed by atoms with Gasteiger partial charge in [-0.2, -0.15) is 0 Å². The number of carbonyl (C=O) groups is 1. The van der Waals surface area contributed by atoms with Gasteiger partial charge in [-0.1, -0.05) is 126 Å². The molecule has 0 heterocycles. The molecule has 0 spiro atoms. The van der Waals surface area contributed by atoms with E-state index < -0.39 is 0 Å². The fraction of sp³-hybridized carbons (Fsp3) is 0.472. The first-order valence-corrected chi connectivity index (χ1v) is 15.8. The highest BCUT2D eigenvalue weighted by molar-refractivity contribution is 6.32. The molecule has 0 saturated carbocycles. The maximum absolute atomic E-state index is 12.7. The van der Waals surface area contributed by atoms with Crippen LogP contribution in [0, 0.1) is 0 Å². The summed E-state index contributed by atoms with van der Waals surface area (Å²) in [4.78, 5) is 12.7. The molecule has 3 aromatic carbocycles. The minimum absolute atomic E-state index is 0.358. The average Bonchev–Trinajstić information content (AvgIpc) is 2.98. The SMILES string of the molecule is CCCCCCCCCCc1ccc(OC(=O)c2ccc(-c3ccc(OCCCCCCC)c(Cl)c3)cc2)cc1. The average molecular weight is 563 g/mol. The summed E-state index contributed by atoms with van der Waals surface area (Å²) >= 11 is 6.49. The molecule has 0 amide bonds. The quantitative estimate of drug-likeness (QED) is 0.0827. The fourth-order valence-corrected chi connectivity index (χ4v) is 5.07. The summed E-state index contributed by atoms with van der Waals surface area (Å²) in [5, 5.41) is 0.598. The number of hydrogen-bond donors (Lipinski definition) is 0. The Morgan fingerprint density at radius 2 is 1.23 bits per heavy atom. The van der Waals surface area contributed by atoms with Gasteiger partial charge < -0.3 is 9.47 Å². The molecule has 0 unspecified atom stereocenters. The van der Waals surface area contributed by atoms with Crippen LogP contribution in [0.1, 0.15) is 113 Å². The molecule has 40 heavy (non-hydrogen) atoms. The van der Waals surface area contributed by atoms with Crippen LogP contribution in [0.25, 0.3) is 11.1 Å². The van der Waals surface area contributed by atoms with E-state index in [0.717, 1.165) is 24.0 Å². The third-order valence-electron chi connectivity index (χ3n) is 7.34. The van der Waals surface area contributed by atoms with Crippen LogP contribution in [0.5, 0.6) is 11.5 Å². The summed E-state index contributed by atoms with van der Waals surface area (Å²) in [5.41, 5.74) is 3.76. The normalized spacial score (nSPS) is 11.0. The fourth-order valence-electron chi connectivity index (χ4n) is 4.84. The van der Waals surface area contributed by atoms with E-state index in [2.05, 4.69) is 26.0 Å². The van der Waals surface area contributed by atoms with Crippen molar-refractivity contribution in [1.82, 2.24) is 0 Å². The first-order chi connectivity index (χ1) is 19.6. The van der Waals surface area contributed by atoms with E-state index in [1.807, 2.05) is 42.5 Å². The zero-order chi connectivity index (χ0) is 28.4. The van der Waals surface area contributed by atoms with Gasteiger partial charge >= 0.3 is 5.97 Å². The smallest absolute Gasteiger partial charge is 0.343 e. The van der Waals surface area contributed by atoms with Gasteiger partial charge in [0.2, 0.25) is 0 Å². The van der Waals surface area contributed by atoms with Crippen molar-refractivity contribution >= 4 is 17.6 Å². The van der Waals surface area contributed by atoms with Crippen molar-refractivity contribution in [2.75, 3.05) is 6.61 Å². The number of unbranched alkanes of at least 4 members (excludes halogenated alkanes) is 11. The standard InChI is InChI=1S/C36H47ClO3/c1-3-5-7-9-10-11-12-14-16-29-17-24-33(25-18-29)40-36(38)31-21-19-30(20-22-31)32-23-26-35(34(37)28-32)39-27-15-13-8-6-4-2/h17-26,28H,3-16,27H2,1-2H3. The molecule has 3 nitrogen and oxygen atoms in total. The summed E-state index contributed by atoms with van der Waals surface area (Å²) in [6, 6.07) is 21.2. The lowest BCUT2D eigenvalue weighted by molar-refractivity contribution is 0.0734. The van der Waals surface area contributed by atoms with Crippen LogP contribution >= 0.6 is 11.6 Å². The molecule has 0 aromatic heterocycles. The van der Waals surface area contributed by atoms with E-state index in [-0.39, 0.29) is 5.97 Å². The molecular weight excluding hydrogens is 516 g/mol. The molecule has 0 aliphatic carbocycles. The molecule has 0 fully saturated rings. The third-order valence-corrected chi connectivity index (χ3v) is 7.64. The highest BCUT2D eigenvalue weighted by atomic mass is 35.5. The summed E-state index contributed by atoms with van der Waals surface area (Å²) in [5.74, 6) is 0.925. The molecule has 3 rings (SSSR count). The van der Waals surface area contributed by atoms with Gasteiger partial charge in [0.15, 0.2) is 0 Å². The monoisotopic (exact) mass is 562 g/mol. The van der Waals surface area contributed by atoms with E-state index in [9.17, 15) is 4.79 Å². The Balaban J connectivity index is 1.42. The highest BCUT2D eigenvalue weighted by Crippen LogP contribution is 2.31. The Morgan fingerprint density at radius 1 is 0.650 bits per heavy atom. The molecule has 216 valence electrons. The van der Waals surface area contributed by atoms with Crippen molar-refractivity contribution in [2.45, 2.75) is 104 Å². The number of rotatable bonds is 19. The van der Waals surface area contributed by atoms with Gasteiger partial charge in [-0.15, -0.1) is 0 Å². The maximum Gasteiger partial charge on any atom is 0.343 e.